The van der Waals surface area contributed by atoms with Crippen LogP contribution in [-0.4, -0.2) is 24.0 Å². The van der Waals surface area contributed by atoms with Crippen molar-refractivity contribution in [2.24, 2.45) is 0 Å². The van der Waals surface area contributed by atoms with Crippen molar-refractivity contribution in [1.29, 1.82) is 0 Å². The molecule has 0 atom stereocenters. The first-order valence-corrected chi connectivity index (χ1v) is 6.21. The maximum atomic E-state index is 12.0. The summed E-state index contributed by atoms with van der Waals surface area (Å²) in [6.45, 7) is 1.73. The van der Waals surface area contributed by atoms with Crippen LogP contribution in [0, 0.1) is 6.92 Å². The van der Waals surface area contributed by atoms with Gasteiger partial charge in [0.1, 0.15) is 5.56 Å². The molecule has 0 aliphatic carbocycles. The fraction of sp³-hybridized carbons (Fsp3) is 0.133. The van der Waals surface area contributed by atoms with Gasteiger partial charge in [-0.05, 0) is 43.3 Å². The average molecular weight is 286 g/mol. The van der Waals surface area contributed by atoms with Crippen molar-refractivity contribution in [3.05, 3.63) is 63.6 Å². The number of carbonyl (C=O) groups is 2. The third kappa shape index (κ3) is 3.36. The van der Waals surface area contributed by atoms with Crippen LogP contribution in [0.1, 0.15) is 26.4 Å². The van der Waals surface area contributed by atoms with Crippen LogP contribution in [0.5, 0.6) is 0 Å². The molecule has 108 valence electrons. The number of ether oxygens (including phenoxy) is 1. The normalized spacial score (nSPS) is 10.0. The van der Waals surface area contributed by atoms with Gasteiger partial charge in [0.25, 0.3) is 11.5 Å². The van der Waals surface area contributed by atoms with Gasteiger partial charge in [0, 0.05) is 11.4 Å². The van der Waals surface area contributed by atoms with Gasteiger partial charge in [-0.1, -0.05) is 0 Å². The second-order valence-electron chi connectivity index (χ2n) is 4.41. The fourth-order valence-electron chi connectivity index (χ4n) is 1.76. The minimum atomic E-state index is -0.512. The number of carbonyl (C=O) groups excluding carboxylic acids is 2. The number of benzene rings is 1. The van der Waals surface area contributed by atoms with Gasteiger partial charge in [0.15, 0.2) is 0 Å². The van der Waals surface area contributed by atoms with Gasteiger partial charge >= 0.3 is 5.97 Å². The zero-order chi connectivity index (χ0) is 15.4. The number of rotatable bonds is 3. The highest BCUT2D eigenvalue weighted by atomic mass is 16.5. The molecule has 1 amide bonds. The van der Waals surface area contributed by atoms with E-state index in [1.54, 1.807) is 25.1 Å². The summed E-state index contributed by atoms with van der Waals surface area (Å²) in [5, 5.41) is 2.59. The lowest BCUT2D eigenvalue weighted by Crippen LogP contribution is -2.23. The maximum absolute atomic E-state index is 12.0. The Morgan fingerprint density at radius 2 is 1.76 bits per heavy atom. The Morgan fingerprint density at radius 3 is 2.33 bits per heavy atom. The minimum Gasteiger partial charge on any atom is -0.465 e. The standard InChI is InChI=1S/C15H14N2O4/c1-9-3-8-12(13(18)16-9)14(19)17-11-6-4-10(5-7-11)15(20)21-2/h3-8H,1-2H3,(H,16,18)(H,17,19). The SMILES string of the molecule is COC(=O)c1ccc(NC(=O)c2ccc(C)[nH]c2=O)cc1. The van der Waals surface area contributed by atoms with E-state index in [1.165, 1.54) is 25.3 Å². The second kappa shape index (κ2) is 6.04. The Bertz CT molecular complexity index is 732. The van der Waals surface area contributed by atoms with Gasteiger partial charge < -0.3 is 15.0 Å². The maximum Gasteiger partial charge on any atom is 0.337 e. The van der Waals surface area contributed by atoms with Crippen LogP contribution < -0.4 is 10.9 Å². The molecular weight excluding hydrogens is 272 g/mol. The smallest absolute Gasteiger partial charge is 0.337 e. The fourth-order valence-corrected chi connectivity index (χ4v) is 1.76. The molecule has 21 heavy (non-hydrogen) atoms. The van der Waals surface area contributed by atoms with Crippen LogP contribution in [-0.2, 0) is 4.74 Å². The Kier molecular flexibility index (Phi) is 4.18. The van der Waals surface area contributed by atoms with E-state index >= 15 is 0 Å². The first-order chi connectivity index (χ1) is 10.0. The predicted octanol–water partition coefficient (Wildman–Crippen LogP) is 1.72. The Balaban J connectivity index is 2.16. The van der Waals surface area contributed by atoms with Crippen LogP contribution in [0.15, 0.2) is 41.2 Å². The number of nitrogens with one attached hydrogen (secondary N) is 2. The number of H-pyrrole nitrogens is 1. The third-order valence-electron chi connectivity index (χ3n) is 2.86. The zero-order valence-electron chi connectivity index (χ0n) is 11.6. The summed E-state index contributed by atoms with van der Waals surface area (Å²) in [6, 6.07) is 9.30. The number of aromatic nitrogens is 1. The number of hydrogen-bond acceptors (Lipinski definition) is 4. The lowest BCUT2D eigenvalue weighted by Gasteiger charge is -2.06. The first-order valence-electron chi connectivity index (χ1n) is 6.21. The number of aryl methyl sites for hydroxylation is 1. The molecule has 6 heteroatoms. The number of aromatic amines is 1. The van der Waals surface area contributed by atoms with Gasteiger partial charge in [-0.15, -0.1) is 0 Å². The molecule has 0 fully saturated rings. The van der Waals surface area contributed by atoms with Gasteiger partial charge in [0.05, 0.1) is 12.7 Å². The zero-order valence-corrected chi connectivity index (χ0v) is 11.6. The highest BCUT2D eigenvalue weighted by Gasteiger charge is 2.11. The van der Waals surface area contributed by atoms with E-state index in [0.29, 0.717) is 16.9 Å². The molecule has 1 aromatic carbocycles. The topological polar surface area (TPSA) is 88.3 Å². The minimum absolute atomic E-state index is 0.0256. The number of amides is 1. The van der Waals surface area contributed by atoms with E-state index in [-0.39, 0.29) is 5.56 Å². The Hall–Kier alpha value is -2.89. The predicted molar refractivity (Wildman–Crippen MR) is 77.5 cm³/mol. The first kappa shape index (κ1) is 14.5. The van der Waals surface area contributed by atoms with Gasteiger partial charge in [0.2, 0.25) is 0 Å². The summed E-state index contributed by atoms with van der Waals surface area (Å²) in [4.78, 5) is 37.5. The molecule has 1 heterocycles. The lowest BCUT2D eigenvalue weighted by atomic mass is 10.2. The molecule has 0 saturated heterocycles. The lowest BCUT2D eigenvalue weighted by molar-refractivity contribution is 0.0600. The van der Waals surface area contributed by atoms with Crippen LogP contribution in [0.25, 0.3) is 0 Å². The van der Waals surface area contributed by atoms with E-state index in [1.807, 2.05) is 0 Å². The summed E-state index contributed by atoms with van der Waals surface area (Å²) in [5.74, 6) is -0.968. The second-order valence-corrected chi connectivity index (χ2v) is 4.41. The highest BCUT2D eigenvalue weighted by molar-refractivity contribution is 6.04. The molecule has 2 rings (SSSR count). The largest absolute Gasteiger partial charge is 0.465 e. The molecule has 0 aliphatic heterocycles. The van der Waals surface area contributed by atoms with E-state index in [9.17, 15) is 14.4 Å². The molecule has 0 spiro atoms. The molecule has 0 radical (unpaired) electrons. The molecular formula is C15H14N2O4. The van der Waals surface area contributed by atoms with Crippen LogP contribution in [0.4, 0.5) is 5.69 Å². The monoisotopic (exact) mass is 286 g/mol. The summed E-state index contributed by atoms with van der Waals surface area (Å²) in [5.41, 5.74) is 1.12. The Labute approximate surface area is 120 Å². The van der Waals surface area contributed by atoms with Crippen LogP contribution in [0.2, 0.25) is 0 Å². The molecule has 0 saturated carbocycles. The van der Waals surface area contributed by atoms with Crippen molar-refractivity contribution < 1.29 is 14.3 Å². The number of methoxy groups -OCH3 is 1. The number of esters is 1. The van der Waals surface area contributed by atoms with Crippen molar-refractivity contribution >= 4 is 17.6 Å². The van der Waals surface area contributed by atoms with Crippen molar-refractivity contribution in [1.82, 2.24) is 4.98 Å². The molecule has 2 aromatic rings. The van der Waals surface area contributed by atoms with E-state index in [4.69, 9.17) is 0 Å². The third-order valence-corrected chi connectivity index (χ3v) is 2.86. The summed E-state index contributed by atoms with van der Waals surface area (Å²) < 4.78 is 4.58. The molecule has 0 aliphatic rings. The molecule has 1 aromatic heterocycles. The van der Waals surface area contributed by atoms with Crippen molar-refractivity contribution in [3.63, 3.8) is 0 Å². The molecule has 6 nitrogen and oxygen atoms in total. The van der Waals surface area contributed by atoms with E-state index < -0.39 is 17.4 Å². The molecule has 2 N–H and O–H groups in total. The van der Waals surface area contributed by atoms with E-state index in [0.717, 1.165) is 0 Å². The summed E-state index contributed by atoms with van der Waals surface area (Å²) in [7, 11) is 1.29. The number of hydrogen-bond donors (Lipinski definition) is 2. The molecule has 0 bridgehead atoms. The van der Waals surface area contributed by atoms with Crippen molar-refractivity contribution in [3.8, 4) is 0 Å². The number of pyridine rings is 1. The quantitative estimate of drug-likeness (QED) is 0.841. The number of anilines is 1. The summed E-state index contributed by atoms with van der Waals surface area (Å²) >= 11 is 0. The summed E-state index contributed by atoms with van der Waals surface area (Å²) in [6.07, 6.45) is 0. The van der Waals surface area contributed by atoms with Crippen LogP contribution >= 0.6 is 0 Å². The van der Waals surface area contributed by atoms with E-state index in [2.05, 4.69) is 15.0 Å². The molecule has 0 unspecified atom stereocenters. The van der Waals surface area contributed by atoms with Gasteiger partial charge in [-0.3, -0.25) is 9.59 Å². The van der Waals surface area contributed by atoms with Crippen molar-refractivity contribution in [2.45, 2.75) is 6.92 Å². The van der Waals surface area contributed by atoms with Gasteiger partial charge in [-0.2, -0.15) is 0 Å². The van der Waals surface area contributed by atoms with Crippen molar-refractivity contribution in [2.75, 3.05) is 12.4 Å². The average Bonchev–Trinajstić information content (AvgIpc) is 2.47. The van der Waals surface area contributed by atoms with Crippen LogP contribution in [0.3, 0.4) is 0 Å². The Morgan fingerprint density at radius 1 is 1.10 bits per heavy atom. The highest BCUT2D eigenvalue weighted by Crippen LogP contribution is 2.11. The van der Waals surface area contributed by atoms with Gasteiger partial charge in [-0.25, -0.2) is 4.79 Å².